The minimum absolute atomic E-state index is 0.160. The van der Waals surface area contributed by atoms with Gasteiger partial charge in [0.2, 0.25) is 5.91 Å². The van der Waals surface area contributed by atoms with Crippen LogP contribution < -0.4 is 10.6 Å². The summed E-state index contributed by atoms with van der Waals surface area (Å²) >= 11 is 0. The number of para-hydroxylation sites is 2. The summed E-state index contributed by atoms with van der Waals surface area (Å²) in [4.78, 5) is 32.4. The molecule has 6 heteroatoms. The maximum atomic E-state index is 12.3. The Bertz CT molecular complexity index is 1130. The number of aromatic amines is 1. The number of anilines is 1. The fraction of sp³-hybridized carbons (Fsp3) is 0.125. The Morgan fingerprint density at radius 3 is 2.37 bits per heavy atom. The molecule has 0 aliphatic heterocycles. The van der Waals surface area contributed by atoms with Crippen molar-refractivity contribution in [1.82, 2.24) is 15.3 Å². The highest BCUT2D eigenvalue weighted by molar-refractivity contribution is 5.95. The zero-order chi connectivity index (χ0) is 20.9. The summed E-state index contributed by atoms with van der Waals surface area (Å²) < 4.78 is 0. The van der Waals surface area contributed by atoms with Crippen LogP contribution in [0.5, 0.6) is 0 Å². The van der Waals surface area contributed by atoms with Crippen LogP contribution >= 0.6 is 0 Å². The van der Waals surface area contributed by atoms with Gasteiger partial charge in [-0.1, -0.05) is 30.3 Å². The van der Waals surface area contributed by atoms with Gasteiger partial charge in [-0.25, -0.2) is 4.98 Å². The highest BCUT2D eigenvalue weighted by Crippen LogP contribution is 2.22. The van der Waals surface area contributed by atoms with E-state index in [9.17, 15) is 9.59 Å². The molecule has 0 aliphatic carbocycles. The lowest BCUT2D eigenvalue weighted by Crippen LogP contribution is -2.35. The largest absolute Gasteiger partial charge is 0.349 e. The van der Waals surface area contributed by atoms with Gasteiger partial charge >= 0.3 is 0 Å². The van der Waals surface area contributed by atoms with Crippen LogP contribution in [0.3, 0.4) is 0 Å². The van der Waals surface area contributed by atoms with E-state index in [0.29, 0.717) is 11.3 Å². The van der Waals surface area contributed by atoms with Gasteiger partial charge in [0.15, 0.2) is 0 Å². The molecule has 0 spiro atoms. The molecule has 1 atom stereocenters. The molecule has 30 heavy (non-hydrogen) atoms. The molecular formula is C24H22N4O2. The number of nitrogens with one attached hydrogen (secondary N) is 3. The van der Waals surface area contributed by atoms with E-state index in [4.69, 9.17) is 0 Å². The Morgan fingerprint density at radius 2 is 1.63 bits per heavy atom. The zero-order valence-corrected chi connectivity index (χ0v) is 16.6. The second kappa shape index (κ2) is 8.61. The third-order valence-electron chi connectivity index (χ3n) is 4.74. The number of carbonyl (C=O) groups is 2. The van der Waals surface area contributed by atoms with Gasteiger partial charge in [-0.05, 0) is 55.5 Å². The monoisotopic (exact) mass is 398 g/mol. The van der Waals surface area contributed by atoms with Crippen molar-refractivity contribution in [3.05, 3.63) is 84.4 Å². The molecule has 3 N–H and O–H groups in total. The van der Waals surface area contributed by atoms with Gasteiger partial charge < -0.3 is 15.6 Å². The fourth-order valence-corrected chi connectivity index (χ4v) is 3.24. The fourth-order valence-electron chi connectivity index (χ4n) is 3.24. The van der Waals surface area contributed by atoms with Gasteiger partial charge in [-0.15, -0.1) is 0 Å². The number of aromatic nitrogens is 2. The molecule has 3 aromatic carbocycles. The number of H-pyrrole nitrogens is 1. The topological polar surface area (TPSA) is 86.9 Å². The Morgan fingerprint density at radius 1 is 0.933 bits per heavy atom. The highest BCUT2D eigenvalue weighted by Gasteiger charge is 2.13. The summed E-state index contributed by atoms with van der Waals surface area (Å²) in [6.45, 7) is 1.81. The molecule has 4 aromatic rings. The Hall–Kier alpha value is -3.93. The van der Waals surface area contributed by atoms with Gasteiger partial charge in [0.1, 0.15) is 5.82 Å². The maximum absolute atomic E-state index is 12.3. The molecule has 0 saturated carbocycles. The van der Waals surface area contributed by atoms with E-state index < -0.39 is 0 Å². The summed E-state index contributed by atoms with van der Waals surface area (Å²) in [6.07, 6.45) is 0.184. The smallest absolute Gasteiger partial charge is 0.251 e. The van der Waals surface area contributed by atoms with E-state index in [-0.39, 0.29) is 24.3 Å². The third kappa shape index (κ3) is 4.55. The lowest BCUT2D eigenvalue weighted by atomic mass is 10.1. The number of rotatable bonds is 6. The Kier molecular flexibility index (Phi) is 5.57. The minimum Gasteiger partial charge on any atom is -0.349 e. The van der Waals surface area contributed by atoms with Crippen molar-refractivity contribution >= 4 is 28.5 Å². The molecule has 1 unspecified atom stereocenters. The molecule has 0 radical (unpaired) electrons. The van der Waals surface area contributed by atoms with Crippen LogP contribution in [0, 0.1) is 0 Å². The summed E-state index contributed by atoms with van der Waals surface area (Å²) in [5.41, 5.74) is 4.10. The van der Waals surface area contributed by atoms with E-state index in [1.165, 1.54) is 0 Å². The van der Waals surface area contributed by atoms with E-state index in [2.05, 4.69) is 20.6 Å². The van der Waals surface area contributed by atoms with Gasteiger partial charge in [-0.2, -0.15) is 0 Å². The molecule has 0 aliphatic rings. The summed E-state index contributed by atoms with van der Waals surface area (Å²) in [5, 5.41) is 5.71. The van der Waals surface area contributed by atoms with E-state index >= 15 is 0 Å². The molecule has 1 aromatic heterocycles. The van der Waals surface area contributed by atoms with Gasteiger partial charge in [0.05, 0.1) is 11.0 Å². The Labute approximate surface area is 174 Å². The number of hydrogen-bond donors (Lipinski definition) is 3. The average Bonchev–Trinajstić information content (AvgIpc) is 3.19. The van der Waals surface area contributed by atoms with Crippen molar-refractivity contribution in [1.29, 1.82) is 0 Å². The average molecular weight is 398 g/mol. The number of benzene rings is 3. The van der Waals surface area contributed by atoms with Gasteiger partial charge in [-0.3, -0.25) is 9.59 Å². The number of imidazole rings is 1. The summed E-state index contributed by atoms with van der Waals surface area (Å²) in [7, 11) is 0. The number of nitrogens with zero attached hydrogens (tertiary/aromatic N) is 1. The number of carbonyl (C=O) groups excluding carboxylic acids is 2. The second-order valence-electron chi connectivity index (χ2n) is 7.17. The maximum Gasteiger partial charge on any atom is 0.251 e. The molecule has 2 amide bonds. The van der Waals surface area contributed by atoms with E-state index in [1.807, 2.05) is 61.5 Å². The molecule has 1 heterocycles. The lowest BCUT2D eigenvalue weighted by molar-refractivity contribution is -0.116. The standard InChI is InChI=1S/C24H22N4O2/c1-16(25-24(30)18-7-3-2-4-8-18)15-22(29)26-19-13-11-17(12-14-19)23-27-20-9-5-6-10-21(20)28-23/h2-14,16H,15H2,1H3,(H,25,30)(H,26,29)(H,27,28). The molecule has 0 bridgehead atoms. The van der Waals surface area contributed by atoms with Crippen molar-refractivity contribution in [2.24, 2.45) is 0 Å². The molecule has 6 nitrogen and oxygen atoms in total. The molecule has 150 valence electrons. The molecular weight excluding hydrogens is 376 g/mol. The number of fused-ring (bicyclic) bond motifs is 1. The summed E-state index contributed by atoms with van der Waals surface area (Å²) in [5.74, 6) is 0.435. The van der Waals surface area contributed by atoms with Gasteiger partial charge in [0.25, 0.3) is 5.91 Å². The van der Waals surface area contributed by atoms with Gasteiger partial charge in [0, 0.05) is 29.3 Å². The highest BCUT2D eigenvalue weighted by atomic mass is 16.2. The first-order valence-electron chi connectivity index (χ1n) is 9.79. The van der Waals surface area contributed by atoms with Crippen molar-refractivity contribution < 1.29 is 9.59 Å². The predicted molar refractivity (Wildman–Crippen MR) is 118 cm³/mol. The van der Waals surface area contributed by atoms with E-state index in [0.717, 1.165) is 22.4 Å². The van der Waals surface area contributed by atoms with Crippen LogP contribution in [-0.4, -0.2) is 27.8 Å². The van der Waals surface area contributed by atoms with Crippen molar-refractivity contribution in [2.45, 2.75) is 19.4 Å². The van der Waals surface area contributed by atoms with E-state index in [1.54, 1.807) is 24.3 Å². The molecule has 0 fully saturated rings. The van der Waals surface area contributed by atoms with Crippen LogP contribution in [0.15, 0.2) is 78.9 Å². The molecule has 4 rings (SSSR count). The molecule has 0 saturated heterocycles. The first-order valence-corrected chi connectivity index (χ1v) is 9.79. The van der Waals surface area contributed by atoms with Crippen LogP contribution in [-0.2, 0) is 4.79 Å². The second-order valence-corrected chi connectivity index (χ2v) is 7.17. The first-order chi connectivity index (χ1) is 14.6. The van der Waals surface area contributed by atoms with Crippen molar-refractivity contribution in [3.8, 4) is 11.4 Å². The normalized spacial score (nSPS) is 11.8. The summed E-state index contributed by atoms with van der Waals surface area (Å²) in [6, 6.07) is 24.0. The lowest BCUT2D eigenvalue weighted by Gasteiger charge is -2.14. The Balaban J connectivity index is 1.33. The van der Waals surface area contributed by atoms with Crippen molar-refractivity contribution in [3.63, 3.8) is 0 Å². The third-order valence-corrected chi connectivity index (χ3v) is 4.74. The van der Waals surface area contributed by atoms with Crippen LogP contribution in [0.4, 0.5) is 5.69 Å². The number of hydrogen-bond acceptors (Lipinski definition) is 3. The number of amides is 2. The minimum atomic E-state index is -0.285. The predicted octanol–water partition coefficient (Wildman–Crippen LogP) is 4.38. The van der Waals surface area contributed by atoms with Crippen LogP contribution in [0.25, 0.3) is 22.4 Å². The SMILES string of the molecule is CC(CC(=O)Nc1ccc(-c2nc3ccccc3[nH]2)cc1)NC(=O)c1ccccc1. The van der Waals surface area contributed by atoms with Crippen LogP contribution in [0.2, 0.25) is 0 Å². The van der Waals surface area contributed by atoms with Crippen LogP contribution in [0.1, 0.15) is 23.7 Å². The quantitative estimate of drug-likeness (QED) is 0.450. The van der Waals surface area contributed by atoms with Crippen molar-refractivity contribution in [2.75, 3.05) is 5.32 Å². The zero-order valence-electron chi connectivity index (χ0n) is 16.6. The first kappa shape index (κ1) is 19.4.